The summed E-state index contributed by atoms with van der Waals surface area (Å²) in [5.41, 5.74) is 0.814. The summed E-state index contributed by atoms with van der Waals surface area (Å²) in [7, 11) is 1.44. The van der Waals surface area contributed by atoms with Crippen LogP contribution in [-0.4, -0.2) is 35.1 Å². The van der Waals surface area contributed by atoms with Crippen LogP contribution in [-0.2, 0) is 4.79 Å². The fourth-order valence-corrected chi connectivity index (χ4v) is 2.23. The van der Waals surface area contributed by atoms with Gasteiger partial charge < -0.3 is 10.4 Å². The van der Waals surface area contributed by atoms with Crippen molar-refractivity contribution in [2.75, 3.05) is 12.8 Å². The Balaban J connectivity index is 2.39. The highest BCUT2D eigenvalue weighted by Gasteiger charge is 2.17. The van der Waals surface area contributed by atoms with E-state index in [0.29, 0.717) is 5.75 Å². The molecule has 1 rings (SSSR count). The van der Waals surface area contributed by atoms with Crippen LogP contribution in [0.2, 0.25) is 0 Å². The van der Waals surface area contributed by atoms with Gasteiger partial charge in [-0.3, -0.25) is 10.1 Å². The van der Waals surface area contributed by atoms with Gasteiger partial charge in [-0.05, 0) is 12.5 Å². The average molecular weight is 282 g/mol. The minimum Gasteiger partial charge on any atom is -0.388 e. The Morgan fingerprint density at radius 3 is 2.53 bits per heavy atom. The molecule has 0 saturated heterocycles. The van der Waals surface area contributed by atoms with E-state index < -0.39 is 17.4 Å². The van der Waals surface area contributed by atoms with Crippen LogP contribution in [0.4, 0.5) is 4.79 Å². The highest BCUT2D eigenvalue weighted by molar-refractivity contribution is 8.00. The molecule has 1 aromatic carbocycles. The van der Waals surface area contributed by atoms with Crippen molar-refractivity contribution in [3.63, 3.8) is 0 Å². The quantitative estimate of drug-likeness (QED) is 0.760. The van der Waals surface area contributed by atoms with Gasteiger partial charge in [0.2, 0.25) is 5.91 Å². The van der Waals surface area contributed by atoms with Gasteiger partial charge >= 0.3 is 6.03 Å². The number of thioether (sulfide) groups is 1. The molecule has 2 atom stereocenters. The first-order chi connectivity index (χ1) is 9.04. The summed E-state index contributed by atoms with van der Waals surface area (Å²) in [5, 5.41) is 14.1. The number of imide groups is 1. The molecule has 0 bridgehead atoms. The molecule has 5 nitrogen and oxygen atoms in total. The van der Waals surface area contributed by atoms with Gasteiger partial charge in [0.25, 0.3) is 0 Å². The summed E-state index contributed by atoms with van der Waals surface area (Å²) in [5.74, 6) is 0.0245. The molecule has 19 heavy (non-hydrogen) atoms. The molecule has 0 aliphatic carbocycles. The van der Waals surface area contributed by atoms with Gasteiger partial charge in [-0.2, -0.15) is 0 Å². The van der Waals surface area contributed by atoms with Gasteiger partial charge in [0, 0.05) is 12.8 Å². The molecular formula is C13H18N2O3S. The number of hydrogen-bond acceptors (Lipinski definition) is 4. The summed E-state index contributed by atoms with van der Waals surface area (Å²) in [6, 6.07) is 8.72. The molecule has 6 heteroatoms. The molecule has 0 aliphatic heterocycles. The molecule has 0 heterocycles. The Morgan fingerprint density at radius 2 is 1.95 bits per heavy atom. The first kappa shape index (κ1) is 15.5. The molecular weight excluding hydrogens is 264 g/mol. The topological polar surface area (TPSA) is 78.4 Å². The summed E-state index contributed by atoms with van der Waals surface area (Å²) >= 11 is 1.30. The second-order valence-electron chi connectivity index (χ2n) is 3.97. The lowest BCUT2D eigenvalue weighted by molar-refractivity contribution is -0.119. The van der Waals surface area contributed by atoms with E-state index in [1.165, 1.54) is 18.8 Å². The molecule has 0 fully saturated rings. The number of urea groups is 1. The molecule has 3 amide bonds. The van der Waals surface area contributed by atoms with E-state index in [9.17, 15) is 14.7 Å². The molecule has 1 aromatic rings. The molecule has 104 valence electrons. The lowest BCUT2D eigenvalue weighted by Crippen LogP contribution is -2.41. The van der Waals surface area contributed by atoms with Crippen molar-refractivity contribution in [2.45, 2.75) is 18.3 Å². The Kier molecular flexibility index (Phi) is 6.38. The normalized spacial score (nSPS) is 13.4. The zero-order valence-electron chi connectivity index (χ0n) is 10.9. The second-order valence-corrected chi connectivity index (χ2v) is 5.34. The van der Waals surface area contributed by atoms with E-state index in [1.807, 2.05) is 30.3 Å². The summed E-state index contributed by atoms with van der Waals surface area (Å²) in [6.07, 6.45) is -0.624. The monoisotopic (exact) mass is 282 g/mol. The second kappa shape index (κ2) is 7.81. The van der Waals surface area contributed by atoms with Gasteiger partial charge in [0.1, 0.15) is 0 Å². The van der Waals surface area contributed by atoms with E-state index >= 15 is 0 Å². The molecule has 0 saturated carbocycles. The number of hydrogen-bond donors (Lipinski definition) is 3. The maximum absolute atomic E-state index is 11.6. The SMILES string of the molecule is CNC(=O)NC(=O)C(C)SCC(O)c1ccccc1. The van der Waals surface area contributed by atoms with E-state index in [0.717, 1.165) is 5.56 Å². The van der Waals surface area contributed by atoms with Gasteiger partial charge in [-0.1, -0.05) is 30.3 Å². The minimum atomic E-state index is -0.624. The first-order valence-corrected chi connectivity index (χ1v) is 6.96. The number of carbonyl (C=O) groups excluding carboxylic acids is 2. The van der Waals surface area contributed by atoms with Crippen LogP contribution in [0.3, 0.4) is 0 Å². The lowest BCUT2D eigenvalue weighted by atomic mass is 10.1. The van der Waals surface area contributed by atoms with Crippen molar-refractivity contribution in [3.8, 4) is 0 Å². The number of benzene rings is 1. The zero-order valence-corrected chi connectivity index (χ0v) is 11.7. The fraction of sp³-hybridized carbons (Fsp3) is 0.385. The van der Waals surface area contributed by atoms with Crippen LogP contribution in [0.5, 0.6) is 0 Å². The highest BCUT2D eigenvalue weighted by Crippen LogP contribution is 2.21. The van der Waals surface area contributed by atoms with Crippen LogP contribution in [0.15, 0.2) is 30.3 Å². The van der Waals surface area contributed by atoms with Crippen molar-refractivity contribution in [3.05, 3.63) is 35.9 Å². The summed E-state index contributed by atoms with van der Waals surface area (Å²) in [6.45, 7) is 1.70. The number of carbonyl (C=O) groups is 2. The Hall–Kier alpha value is -1.53. The molecule has 0 spiro atoms. The maximum atomic E-state index is 11.6. The third kappa shape index (κ3) is 5.32. The van der Waals surface area contributed by atoms with Gasteiger partial charge in [-0.15, -0.1) is 11.8 Å². The van der Waals surface area contributed by atoms with E-state index in [4.69, 9.17) is 0 Å². The van der Waals surface area contributed by atoms with Crippen LogP contribution < -0.4 is 10.6 Å². The van der Waals surface area contributed by atoms with Gasteiger partial charge in [-0.25, -0.2) is 4.79 Å². The Bertz CT molecular complexity index is 425. The largest absolute Gasteiger partial charge is 0.388 e. The number of aliphatic hydroxyl groups excluding tert-OH is 1. The molecule has 0 radical (unpaired) electrons. The zero-order chi connectivity index (χ0) is 14.3. The van der Waals surface area contributed by atoms with Crippen molar-refractivity contribution >= 4 is 23.7 Å². The van der Waals surface area contributed by atoms with Crippen molar-refractivity contribution in [1.82, 2.24) is 10.6 Å². The molecule has 2 unspecified atom stereocenters. The molecule has 3 N–H and O–H groups in total. The number of nitrogens with one attached hydrogen (secondary N) is 2. The van der Waals surface area contributed by atoms with Crippen molar-refractivity contribution < 1.29 is 14.7 Å². The third-order valence-corrected chi connectivity index (χ3v) is 3.74. The van der Waals surface area contributed by atoms with E-state index in [1.54, 1.807) is 6.92 Å². The van der Waals surface area contributed by atoms with Crippen LogP contribution in [0, 0.1) is 0 Å². The minimum absolute atomic E-state index is 0.371. The standard InChI is InChI=1S/C13H18N2O3S/c1-9(12(17)15-13(18)14-2)19-8-11(16)10-6-4-3-5-7-10/h3-7,9,11,16H,8H2,1-2H3,(H2,14,15,17,18). The fourth-order valence-electron chi connectivity index (χ4n) is 1.36. The Morgan fingerprint density at radius 1 is 1.32 bits per heavy atom. The first-order valence-electron chi connectivity index (χ1n) is 5.91. The Labute approximate surface area is 116 Å². The number of rotatable bonds is 5. The molecule has 0 aromatic heterocycles. The average Bonchev–Trinajstić information content (AvgIpc) is 2.44. The highest BCUT2D eigenvalue weighted by atomic mass is 32.2. The van der Waals surface area contributed by atoms with E-state index in [2.05, 4.69) is 10.6 Å². The van der Waals surface area contributed by atoms with Crippen LogP contribution in [0.25, 0.3) is 0 Å². The maximum Gasteiger partial charge on any atom is 0.321 e. The van der Waals surface area contributed by atoms with E-state index in [-0.39, 0.29) is 5.91 Å². The summed E-state index contributed by atoms with van der Waals surface area (Å²) in [4.78, 5) is 22.6. The smallest absolute Gasteiger partial charge is 0.321 e. The van der Waals surface area contributed by atoms with Crippen LogP contribution in [0.1, 0.15) is 18.6 Å². The van der Waals surface area contributed by atoms with Crippen LogP contribution >= 0.6 is 11.8 Å². The number of amides is 3. The van der Waals surface area contributed by atoms with Gasteiger partial charge in [0.05, 0.1) is 11.4 Å². The predicted molar refractivity (Wildman–Crippen MR) is 75.9 cm³/mol. The molecule has 0 aliphatic rings. The summed E-state index contributed by atoms with van der Waals surface area (Å²) < 4.78 is 0. The number of aliphatic hydroxyl groups is 1. The van der Waals surface area contributed by atoms with Gasteiger partial charge in [0.15, 0.2) is 0 Å². The predicted octanol–water partition coefficient (Wildman–Crippen LogP) is 1.30. The lowest BCUT2D eigenvalue weighted by Gasteiger charge is -2.14. The van der Waals surface area contributed by atoms with Crippen molar-refractivity contribution in [2.24, 2.45) is 0 Å². The van der Waals surface area contributed by atoms with Crippen molar-refractivity contribution in [1.29, 1.82) is 0 Å². The third-order valence-electron chi connectivity index (χ3n) is 2.52.